The number of nitrogens with two attached hydrogens (primary N) is 1. The van der Waals surface area contributed by atoms with E-state index >= 15 is 0 Å². The highest BCUT2D eigenvalue weighted by atomic mass is 19.3. The van der Waals surface area contributed by atoms with Crippen LogP contribution in [0.15, 0.2) is 0 Å². The first-order valence-electron chi connectivity index (χ1n) is 9.70. The van der Waals surface area contributed by atoms with Crippen LogP contribution in [0.1, 0.15) is 26.2 Å². The standard InChI is InChI=1S/C17H29F2N3O10/c1-7(14(28)29)22-13(27)8(20)4-2-3-5-21-15(30)16(18,19)17(31)12(26)10(25)11(32-17)9(24)6-23/h7-12,23-26,31H,2-6,20H2,1H3,(H,21,30)(H,22,27)(H,28,29)/t7-,8-,9?,10-,11-,12+,17+/m0/s1. The van der Waals surface area contributed by atoms with E-state index in [2.05, 4.69) is 10.1 Å². The maximum Gasteiger partial charge on any atom is 0.379 e. The summed E-state index contributed by atoms with van der Waals surface area (Å²) in [5, 5.41) is 60.6. The summed E-state index contributed by atoms with van der Waals surface area (Å²) in [4.78, 5) is 34.3. The number of aliphatic hydroxyl groups excluding tert-OH is 4. The Morgan fingerprint density at radius 3 is 2.38 bits per heavy atom. The molecule has 1 rings (SSSR count). The third-order valence-electron chi connectivity index (χ3n) is 4.97. The molecule has 0 aromatic carbocycles. The van der Waals surface area contributed by atoms with E-state index in [1.165, 1.54) is 6.92 Å². The number of carboxylic acid groups (broad SMARTS) is 1. The van der Waals surface area contributed by atoms with Crippen molar-refractivity contribution in [3.8, 4) is 0 Å². The van der Waals surface area contributed by atoms with Gasteiger partial charge in [0, 0.05) is 6.54 Å². The fraction of sp³-hybridized carbons (Fsp3) is 0.824. The van der Waals surface area contributed by atoms with E-state index in [9.17, 15) is 43.6 Å². The van der Waals surface area contributed by atoms with E-state index < -0.39 is 72.6 Å². The van der Waals surface area contributed by atoms with Crippen LogP contribution >= 0.6 is 0 Å². The molecule has 1 aliphatic heterocycles. The van der Waals surface area contributed by atoms with Gasteiger partial charge in [-0.05, 0) is 26.2 Å². The van der Waals surface area contributed by atoms with Crippen molar-refractivity contribution in [1.82, 2.24) is 10.6 Å². The van der Waals surface area contributed by atoms with Crippen LogP contribution in [-0.2, 0) is 19.1 Å². The summed E-state index contributed by atoms with van der Waals surface area (Å²) in [6, 6.07) is -2.21. The van der Waals surface area contributed by atoms with Crippen LogP contribution in [-0.4, -0.2) is 110 Å². The predicted molar refractivity (Wildman–Crippen MR) is 100.0 cm³/mol. The lowest BCUT2D eigenvalue weighted by atomic mass is 9.97. The monoisotopic (exact) mass is 473 g/mol. The number of ether oxygens (including phenoxy) is 1. The first kappa shape index (κ1) is 28.0. The Labute approximate surface area is 181 Å². The highest BCUT2D eigenvalue weighted by Gasteiger charge is 2.71. The number of carboxylic acids is 1. The summed E-state index contributed by atoms with van der Waals surface area (Å²) < 4.78 is 33.4. The van der Waals surface area contributed by atoms with Crippen molar-refractivity contribution >= 4 is 17.8 Å². The molecule has 0 aliphatic carbocycles. The summed E-state index contributed by atoms with van der Waals surface area (Å²) in [5.74, 6) is -12.6. The lowest BCUT2D eigenvalue weighted by Crippen LogP contribution is -2.63. The number of hydrogen-bond acceptors (Lipinski definition) is 10. The molecular weight excluding hydrogens is 444 g/mol. The quantitative estimate of drug-likeness (QED) is 0.124. The van der Waals surface area contributed by atoms with Crippen LogP contribution in [0.3, 0.4) is 0 Å². The number of aliphatic hydroxyl groups is 5. The number of unbranched alkanes of at least 4 members (excludes halogenated alkanes) is 1. The normalized spacial score (nSPS) is 28.6. The zero-order valence-electron chi connectivity index (χ0n) is 17.1. The Bertz CT molecular complexity index is 685. The Kier molecular flexibility index (Phi) is 9.83. The van der Waals surface area contributed by atoms with Gasteiger partial charge in [0.05, 0.1) is 12.6 Å². The molecule has 0 bridgehead atoms. The molecule has 1 unspecified atom stereocenters. The number of alkyl halides is 2. The van der Waals surface area contributed by atoms with Gasteiger partial charge in [-0.2, -0.15) is 8.78 Å². The number of halogens is 2. The Hall–Kier alpha value is -2.01. The number of amides is 2. The minimum atomic E-state index is -4.75. The van der Waals surface area contributed by atoms with Crippen LogP contribution in [0.5, 0.6) is 0 Å². The van der Waals surface area contributed by atoms with Crippen LogP contribution in [0, 0.1) is 0 Å². The molecule has 1 fully saturated rings. The average Bonchev–Trinajstić information content (AvgIpc) is 2.97. The van der Waals surface area contributed by atoms with Crippen LogP contribution in [0.2, 0.25) is 0 Å². The summed E-state index contributed by atoms with van der Waals surface area (Å²) >= 11 is 0. The lowest BCUT2D eigenvalue weighted by molar-refractivity contribution is -0.325. The smallest absolute Gasteiger partial charge is 0.379 e. The Morgan fingerprint density at radius 1 is 1.25 bits per heavy atom. The minimum Gasteiger partial charge on any atom is -0.480 e. The maximum absolute atomic E-state index is 14.5. The number of carbonyl (C=O) groups excluding carboxylic acids is 2. The molecule has 186 valence electrons. The van der Waals surface area contributed by atoms with Crippen LogP contribution in [0.4, 0.5) is 8.78 Å². The summed E-state index contributed by atoms with van der Waals surface area (Å²) in [7, 11) is 0. The molecule has 0 radical (unpaired) electrons. The third-order valence-corrected chi connectivity index (χ3v) is 4.97. The Balaban J connectivity index is 2.55. The van der Waals surface area contributed by atoms with Gasteiger partial charge in [0.1, 0.15) is 30.5 Å². The third kappa shape index (κ3) is 6.06. The number of hydrogen-bond donors (Lipinski definition) is 9. The van der Waals surface area contributed by atoms with Crippen molar-refractivity contribution in [2.24, 2.45) is 5.73 Å². The van der Waals surface area contributed by atoms with Crippen LogP contribution in [0.25, 0.3) is 0 Å². The predicted octanol–water partition coefficient (Wildman–Crippen LogP) is -4.01. The number of carbonyl (C=O) groups is 3. The van der Waals surface area contributed by atoms with Crippen molar-refractivity contribution in [3.63, 3.8) is 0 Å². The molecule has 1 saturated heterocycles. The van der Waals surface area contributed by atoms with Gasteiger partial charge in [-0.3, -0.25) is 14.4 Å². The molecule has 1 aliphatic rings. The van der Waals surface area contributed by atoms with Gasteiger partial charge in [-0.1, -0.05) is 0 Å². The van der Waals surface area contributed by atoms with E-state index in [1.54, 1.807) is 0 Å². The lowest BCUT2D eigenvalue weighted by Gasteiger charge is -2.33. The van der Waals surface area contributed by atoms with E-state index in [-0.39, 0.29) is 25.8 Å². The zero-order valence-corrected chi connectivity index (χ0v) is 17.1. The molecule has 10 N–H and O–H groups in total. The van der Waals surface area contributed by atoms with Gasteiger partial charge >= 0.3 is 11.9 Å². The van der Waals surface area contributed by atoms with Crippen molar-refractivity contribution < 1.29 is 58.5 Å². The van der Waals surface area contributed by atoms with Crippen molar-refractivity contribution in [2.75, 3.05) is 13.2 Å². The molecule has 0 spiro atoms. The molecule has 15 heteroatoms. The second-order valence-electron chi connectivity index (χ2n) is 7.47. The first-order chi connectivity index (χ1) is 14.7. The van der Waals surface area contributed by atoms with Gasteiger partial charge in [0.15, 0.2) is 0 Å². The fourth-order valence-corrected chi connectivity index (χ4v) is 2.91. The van der Waals surface area contributed by atoms with E-state index in [0.29, 0.717) is 0 Å². The van der Waals surface area contributed by atoms with Gasteiger partial charge in [0.25, 0.3) is 11.7 Å². The maximum atomic E-state index is 14.5. The van der Waals surface area contributed by atoms with Crippen molar-refractivity contribution in [3.05, 3.63) is 0 Å². The largest absolute Gasteiger partial charge is 0.480 e. The Morgan fingerprint density at radius 2 is 1.84 bits per heavy atom. The number of rotatable bonds is 12. The SMILES string of the molecule is C[C@H](NC(=O)[C@@H](N)CCCCNC(=O)C(F)(F)[C@]1(O)O[C@@H](C(O)CO)[C@H](O)[C@H]1O)C(=O)O. The minimum absolute atomic E-state index is 0.0586. The number of nitrogens with one attached hydrogen (secondary N) is 2. The fourth-order valence-electron chi connectivity index (χ4n) is 2.91. The second-order valence-corrected chi connectivity index (χ2v) is 7.47. The topological polar surface area (TPSA) is 232 Å². The summed E-state index contributed by atoms with van der Waals surface area (Å²) in [5.41, 5.74) is 5.60. The molecule has 7 atom stereocenters. The second kappa shape index (κ2) is 11.2. The molecule has 13 nitrogen and oxygen atoms in total. The highest BCUT2D eigenvalue weighted by Crippen LogP contribution is 2.42. The van der Waals surface area contributed by atoms with Gasteiger partial charge in [-0.25, -0.2) is 0 Å². The molecule has 0 saturated carbocycles. The van der Waals surface area contributed by atoms with Gasteiger partial charge < -0.3 is 51.7 Å². The molecule has 0 aromatic rings. The average molecular weight is 473 g/mol. The zero-order chi connectivity index (χ0) is 24.9. The number of aliphatic carboxylic acids is 1. The highest BCUT2D eigenvalue weighted by molar-refractivity contribution is 5.86. The molecular formula is C17H29F2N3O10. The van der Waals surface area contributed by atoms with E-state index in [1.807, 2.05) is 5.32 Å². The van der Waals surface area contributed by atoms with E-state index in [4.69, 9.17) is 15.9 Å². The van der Waals surface area contributed by atoms with Crippen molar-refractivity contribution in [2.45, 2.75) is 74.4 Å². The van der Waals surface area contributed by atoms with E-state index in [0.717, 1.165) is 0 Å². The molecule has 32 heavy (non-hydrogen) atoms. The summed E-state index contributed by atoms with van der Waals surface area (Å²) in [6.07, 6.45) is -8.44. The molecule has 0 aromatic heterocycles. The van der Waals surface area contributed by atoms with Gasteiger partial charge in [0.2, 0.25) is 5.91 Å². The summed E-state index contributed by atoms with van der Waals surface area (Å²) in [6.45, 7) is -0.128. The first-order valence-corrected chi connectivity index (χ1v) is 9.70. The van der Waals surface area contributed by atoms with Gasteiger partial charge in [-0.15, -0.1) is 0 Å². The molecule has 1 heterocycles. The van der Waals surface area contributed by atoms with Crippen molar-refractivity contribution in [1.29, 1.82) is 0 Å². The molecule has 2 amide bonds. The van der Waals surface area contributed by atoms with Crippen LogP contribution < -0.4 is 16.4 Å².